The highest BCUT2D eigenvalue weighted by Gasteiger charge is 2.29. The lowest BCUT2D eigenvalue weighted by molar-refractivity contribution is 0.0520. The van der Waals surface area contributed by atoms with Crippen LogP contribution in [0.2, 0.25) is 0 Å². The van der Waals surface area contributed by atoms with E-state index in [2.05, 4.69) is 4.98 Å². The lowest BCUT2D eigenvalue weighted by atomic mass is 9.91. The van der Waals surface area contributed by atoms with Crippen LogP contribution in [0.4, 0.5) is 23.2 Å². The number of amides is 1. The van der Waals surface area contributed by atoms with Crippen molar-refractivity contribution >= 4 is 22.6 Å². The summed E-state index contributed by atoms with van der Waals surface area (Å²) in [6, 6.07) is 4.36. The van der Waals surface area contributed by atoms with Crippen molar-refractivity contribution in [3.8, 4) is 16.9 Å². The average Bonchev–Trinajstić information content (AvgIpc) is 3.02. The molecule has 1 aromatic heterocycles. The number of benzene rings is 2. The van der Waals surface area contributed by atoms with Gasteiger partial charge in [0, 0.05) is 5.56 Å². The van der Waals surface area contributed by atoms with Crippen molar-refractivity contribution in [3.63, 3.8) is 0 Å². The van der Waals surface area contributed by atoms with Crippen molar-refractivity contribution < 1.29 is 27.1 Å². The average molecular weight is 410 g/mol. The molecule has 0 fully saturated rings. The zero-order valence-corrected chi connectivity index (χ0v) is 15.8. The number of aromatic nitrogens is 2. The number of rotatable bonds is 5. The summed E-state index contributed by atoms with van der Waals surface area (Å²) in [6.07, 6.45) is -3.27. The van der Waals surface area contributed by atoms with Crippen LogP contribution in [-0.2, 0) is 0 Å². The van der Waals surface area contributed by atoms with Crippen molar-refractivity contribution in [1.82, 2.24) is 9.55 Å². The van der Waals surface area contributed by atoms with Crippen molar-refractivity contribution in [1.29, 1.82) is 0 Å². The maximum absolute atomic E-state index is 13.6. The summed E-state index contributed by atoms with van der Waals surface area (Å²) in [5.74, 6) is -1.65. The van der Waals surface area contributed by atoms with E-state index in [9.17, 15) is 22.4 Å². The van der Waals surface area contributed by atoms with Crippen molar-refractivity contribution in [3.05, 3.63) is 40.7 Å². The molecule has 154 valence electrons. The second-order valence-electron chi connectivity index (χ2n) is 6.45. The summed E-state index contributed by atoms with van der Waals surface area (Å²) in [7, 11) is 1.45. The normalized spacial score (nSPS) is 11.6. The zero-order valence-electron chi connectivity index (χ0n) is 15.8. The number of imidazole rings is 1. The minimum absolute atomic E-state index is 0.0755. The Morgan fingerprint density at radius 3 is 2.34 bits per heavy atom. The molecule has 0 unspecified atom stereocenters. The fourth-order valence-corrected chi connectivity index (χ4v) is 3.51. The van der Waals surface area contributed by atoms with Crippen LogP contribution in [0, 0.1) is 13.8 Å². The molecule has 0 radical (unpaired) electrons. The number of hydrogen-bond acceptors (Lipinski definition) is 4. The predicted octanol–water partition coefficient (Wildman–Crippen LogP) is 4.34. The summed E-state index contributed by atoms with van der Waals surface area (Å²) in [5.41, 5.74) is 12.3. The Balaban J connectivity index is 2.58. The van der Waals surface area contributed by atoms with Crippen LogP contribution in [-0.4, -0.2) is 22.6 Å². The van der Waals surface area contributed by atoms with Gasteiger partial charge in [0.1, 0.15) is 5.75 Å². The smallest absolute Gasteiger partial charge is 0.320 e. The second-order valence-corrected chi connectivity index (χ2v) is 6.45. The number of carbonyl (C=O) groups is 1. The van der Waals surface area contributed by atoms with E-state index < -0.39 is 24.7 Å². The molecule has 10 heteroatoms. The van der Waals surface area contributed by atoms with Crippen LogP contribution in [0.3, 0.4) is 0 Å². The number of methoxy groups -OCH3 is 1. The van der Waals surface area contributed by atoms with Gasteiger partial charge < -0.3 is 16.2 Å². The predicted molar refractivity (Wildman–Crippen MR) is 100 cm³/mol. The molecule has 4 N–H and O–H groups in total. The Bertz CT molecular complexity index is 1130. The molecule has 0 atom stereocenters. The molecule has 0 bridgehead atoms. The largest absolute Gasteiger partial charge is 0.496 e. The number of anilines is 1. The van der Waals surface area contributed by atoms with Gasteiger partial charge in [0.15, 0.2) is 5.82 Å². The van der Waals surface area contributed by atoms with Crippen LogP contribution in [0.1, 0.15) is 40.3 Å². The van der Waals surface area contributed by atoms with Gasteiger partial charge in [-0.15, -0.1) is 0 Å². The number of nitrogens with zero attached hydrogens (tertiary/aromatic N) is 2. The van der Waals surface area contributed by atoms with Gasteiger partial charge in [0.05, 0.1) is 29.4 Å². The number of fused-ring (bicyclic) bond motifs is 1. The Kier molecular flexibility index (Phi) is 5.12. The van der Waals surface area contributed by atoms with E-state index in [0.29, 0.717) is 22.4 Å². The van der Waals surface area contributed by atoms with Crippen molar-refractivity contribution in [2.45, 2.75) is 26.8 Å². The fraction of sp³-hybridized carbons (Fsp3) is 0.263. The number of primary amides is 1. The molecular formula is C19H18F4N4O2. The number of aryl methyl sites for hydroxylation is 1. The van der Waals surface area contributed by atoms with E-state index in [-0.39, 0.29) is 32.4 Å². The number of ether oxygens (including phenoxy) is 1. The minimum Gasteiger partial charge on any atom is -0.496 e. The molecule has 0 aliphatic carbocycles. The van der Waals surface area contributed by atoms with Gasteiger partial charge in [-0.25, -0.2) is 13.8 Å². The maximum atomic E-state index is 13.6. The number of nitrogens with two attached hydrogens (primary N) is 2. The fourth-order valence-electron chi connectivity index (χ4n) is 3.51. The Morgan fingerprint density at radius 2 is 1.83 bits per heavy atom. The number of nitrogen functional groups attached to an aromatic ring is 1. The number of halogens is 4. The summed E-state index contributed by atoms with van der Waals surface area (Å²) in [5, 5.41) is 0. The zero-order chi connectivity index (χ0) is 21.6. The van der Waals surface area contributed by atoms with E-state index >= 15 is 0 Å². The van der Waals surface area contributed by atoms with Crippen LogP contribution >= 0.6 is 0 Å². The minimum atomic E-state index is -3.31. The number of carbonyl (C=O) groups excluding carboxylic acids is 1. The highest BCUT2D eigenvalue weighted by molar-refractivity contribution is 6.10. The molecular weight excluding hydrogens is 392 g/mol. The van der Waals surface area contributed by atoms with Crippen LogP contribution in [0.15, 0.2) is 18.2 Å². The van der Waals surface area contributed by atoms with Gasteiger partial charge in [-0.05, 0) is 42.7 Å². The summed E-state index contributed by atoms with van der Waals surface area (Å²) >= 11 is 0. The quantitative estimate of drug-likeness (QED) is 0.483. The summed E-state index contributed by atoms with van der Waals surface area (Å²) in [4.78, 5) is 15.7. The monoisotopic (exact) mass is 410 g/mol. The Labute approximate surface area is 163 Å². The van der Waals surface area contributed by atoms with Gasteiger partial charge in [-0.2, -0.15) is 8.78 Å². The molecule has 0 saturated carbocycles. The highest BCUT2D eigenvalue weighted by atomic mass is 19.3. The molecule has 6 nitrogen and oxygen atoms in total. The number of hydrogen-bond donors (Lipinski definition) is 2. The van der Waals surface area contributed by atoms with Gasteiger partial charge in [0.25, 0.3) is 12.3 Å². The molecule has 0 saturated heterocycles. The maximum Gasteiger partial charge on any atom is 0.320 e. The van der Waals surface area contributed by atoms with Gasteiger partial charge in [0.2, 0.25) is 0 Å². The van der Waals surface area contributed by atoms with E-state index in [1.54, 1.807) is 26.0 Å². The first kappa shape index (κ1) is 20.4. The molecule has 3 aromatic rings. The topological polar surface area (TPSA) is 96.2 Å². The standard InChI is InChI=1S/C19H18F4N4O2/c1-7-4-5-11(29-3)8(2)12(7)13-14(24)9(17(25)28)6-10-15(13)26-18(16(20)21)27(10)19(22)23/h4-6,16,19H,24H2,1-3H3,(H2,25,28). The highest BCUT2D eigenvalue weighted by Crippen LogP contribution is 2.43. The summed E-state index contributed by atoms with van der Waals surface area (Å²) < 4.78 is 59.5. The second kappa shape index (κ2) is 7.26. The Hall–Kier alpha value is -3.30. The molecule has 2 aromatic carbocycles. The van der Waals surface area contributed by atoms with Crippen LogP contribution in [0.25, 0.3) is 22.2 Å². The SMILES string of the molecule is COc1ccc(C)c(-c2c(N)c(C(N)=O)cc3c2nc(C(F)F)n3C(F)F)c1C. The van der Waals surface area contributed by atoms with E-state index in [1.807, 2.05) is 0 Å². The first-order chi connectivity index (χ1) is 13.6. The Morgan fingerprint density at radius 1 is 1.17 bits per heavy atom. The van der Waals surface area contributed by atoms with Gasteiger partial charge in [-0.3, -0.25) is 9.36 Å². The molecule has 1 amide bonds. The molecule has 0 aliphatic rings. The van der Waals surface area contributed by atoms with Crippen molar-refractivity contribution in [2.75, 3.05) is 12.8 Å². The molecule has 29 heavy (non-hydrogen) atoms. The van der Waals surface area contributed by atoms with Crippen LogP contribution < -0.4 is 16.2 Å². The molecule has 0 aliphatic heterocycles. The van der Waals surface area contributed by atoms with Gasteiger partial charge in [-0.1, -0.05) is 6.07 Å². The number of alkyl halides is 4. The lowest BCUT2D eigenvalue weighted by Gasteiger charge is -2.18. The molecule has 0 spiro atoms. The van der Waals surface area contributed by atoms with Crippen LogP contribution in [0.5, 0.6) is 5.75 Å². The third kappa shape index (κ3) is 3.14. The molecule has 1 heterocycles. The first-order valence-corrected chi connectivity index (χ1v) is 8.45. The van der Waals surface area contributed by atoms with Gasteiger partial charge >= 0.3 is 6.55 Å². The van der Waals surface area contributed by atoms with E-state index in [0.717, 1.165) is 6.07 Å². The first-order valence-electron chi connectivity index (χ1n) is 8.45. The molecule has 3 rings (SSSR count). The summed E-state index contributed by atoms with van der Waals surface area (Å²) in [6.45, 7) is 0.109. The third-order valence-electron chi connectivity index (χ3n) is 4.80. The lowest BCUT2D eigenvalue weighted by Crippen LogP contribution is -2.15. The third-order valence-corrected chi connectivity index (χ3v) is 4.80. The van der Waals surface area contributed by atoms with E-state index in [4.69, 9.17) is 16.2 Å². The van der Waals surface area contributed by atoms with E-state index in [1.165, 1.54) is 7.11 Å². The van der Waals surface area contributed by atoms with Crippen molar-refractivity contribution in [2.24, 2.45) is 5.73 Å².